The van der Waals surface area contributed by atoms with Crippen LogP contribution in [0.25, 0.3) is 0 Å². The maximum Gasteiger partial charge on any atom is 0.338 e. The monoisotopic (exact) mass is 482 g/mol. The third-order valence-electron chi connectivity index (χ3n) is 6.51. The number of carbonyl (C=O) groups excluding carboxylic acids is 3. The standard InChI is InChI=1S/C27H38N4O4/c1-6-13-31-22(18-29-14-10-15-30(17-16-29)25(32)19(3)4)23(26(33)35-7-2)24(28-27(31)34)21-12-9-8-11-20(21)5/h6,8-9,11-12,19,24H,1,7,10,13-18H2,2-5H3,(H,28,34). The number of esters is 1. The van der Waals surface area contributed by atoms with Crippen LogP contribution in [0.1, 0.15) is 44.4 Å². The summed E-state index contributed by atoms with van der Waals surface area (Å²) in [6, 6.07) is 6.86. The predicted octanol–water partition coefficient (Wildman–Crippen LogP) is 3.25. The quantitative estimate of drug-likeness (QED) is 0.454. The molecule has 2 heterocycles. The SMILES string of the molecule is C=CCN1C(=O)NC(c2ccccc2C)C(C(=O)OCC)=C1CN1CCCN(C(=O)C(C)C)CC1. The van der Waals surface area contributed by atoms with Gasteiger partial charge in [-0.25, -0.2) is 9.59 Å². The number of hydrogen-bond acceptors (Lipinski definition) is 5. The Morgan fingerprint density at radius 1 is 1.20 bits per heavy atom. The minimum atomic E-state index is -0.607. The highest BCUT2D eigenvalue weighted by Crippen LogP contribution is 2.33. The molecule has 1 fully saturated rings. The van der Waals surface area contributed by atoms with Crippen LogP contribution >= 0.6 is 0 Å². The highest BCUT2D eigenvalue weighted by Gasteiger charge is 2.39. The number of urea groups is 1. The van der Waals surface area contributed by atoms with Gasteiger partial charge in [-0.15, -0.1) is 6.58 Å². The second-order valence-corrected chi connectivity index (χ2v) is 9.33. The summed E-state index contributed by atoms with van der Waals surface area (Å²) in [6.07, 6.45) is 2.48. The van der Waals surface area contributed by atoms with Gasteiger partial charge in [-0.3, -0.25) is 14.6 Å². The third kappa shape index (κ3) is 6.11. The van der Waals surface area contributed by atoms with Gasteiger partial charge in [0.05, 0.1) is 18.2 Å². The molecule has 0 saturated carbocycles. The average Bonchev–Trinajstić information content (AvgIpc) is 3.06. The van der Waals surface area contributed by atoms with Gasteiger partial charge < -0.3 is 15.0 Å². The van der Waals surface area contributed by atoms with Crippen molar-refractivity contribution in [2.75, 3.05) is 45.9 Å². The number of benzene rings is 1. The van der Waals surface area contributed by atoms with Crippen LogP contribution in [0.15, 0.2) is 48.2 Å². The third-order valence-corrected chi connectivity index (χ3v) is 6.51. The molecule has 2 aliphatic rings. The van der Waals surface area contributed by atoms with Crippen molar-refractivity contribution in [3.05, 3.63) is 59.3 Å². The molecule has 1 N–H and O–H groups in total. The number of nitrogens with one attached hydrogen (secondary N) is 1. The molecule has 8 nitrogen and oxygen atoms in total. The van der Waals surface area contributed by atoms with Gasteiger partial charge in [0.15, 0.2) is 0 Å². The molecule has 1 unspecified atom stereocenters. The first kappa shape index (κ1) is 26.5. The van der Waals surface area contributed by atoms with E-state index in [1.54, 1.807) is 17.9 Å². The van der Waals surface area contributed by atoms with Crippen LogP contribution in [0, 0.1) is 12.8 Å². The topological polar surface area (TPSA) is 82.2 Å². The second kappa shape index (κ2) is 12.0. The first-order chi connectivity index (χ1) is 16.8. The van der Waals surface area contributed by atoms with Gasteiger partial charge in [0, 0.05) is 50.9 Å². The van der Waals surface area contributed by atoms with Crippen LogP contribution in [-0.2, 0) is 14.3 Å². The summed E-state index contributed by atoms with van der Waals surface area (Å²) >= 11 is 0. The largest absolute Gasteiger partial charge is 0.463 e. The van der Waals surface area contributed by atoms with E-state index in [1.807, 2.05) is 49.9 Å². The fourth-order valence-corrected chi connectivity index (χ4v) is 4.72. The van der Waals surface area contributed by atoms with Gasteiger partial charge >= 0.3 is 12.0 Å². The molecule has 0 spiro atoms. The maximum absolute atomic E-state index is 13.3. The number of carbonyl (C=O) groups is 3. The fraction of sp³-hybridized carbons (Fsp3) is 0.519. The van der Waals surface area contributed by atoms with Crippen molar-refractivity contribution >= 4 is 17.9 Å². The lowest BCUT2D eigenvalue weighted by molar-refractivity contribution is -0.139. The van der Waals surface area contributed by atoms with Crippen molar-refractivity contribution in [2.24, 2.45) is 5.92 Å². The number of rotatable bonds is 8. The van der Waals surface area contributed by atoms with Crippen molar-refractivity contribution < 1.29 is 19.1 Å². The Bertz CT molecular complexity index is 987. The number of aryl methyl sites for hydroxylation is 1. The Balaban J connectivity index is 2.01. The zero-order valence-electron chi connectivity index (χ0n) is 21.4. The lowest BCUT2D eigenvalue weighted by Gasteiger charge is -2.38. The van der Waals surface area contributed by atoms with Crippen LogP contribution in [0.3, 0.4) is 0 Å². The van der Waals surface area contributed by atoms with Crippen LogP contribution in [0.4, 0.5) is 4.79 Å². The average molecular weight is 483 g/mol. The molecule has 3 amide bonds. The van der Waals surface area contributed by atoms with E-state index in [0.29, 0.717) is 37.4 Å². The number of nitrogens with zero attached hydrogens (tertiary/aromatic N) is 3. The minimum absolute atomic E-state index is 0.0420. The van der Waals surface area contributed by atoms with Gasteiger partial charge in [0.1, 0.15) is 0 Å². The Morgan fingerprint density at radius 3 is 2.60 bits per heavy atom. The summed E-state index contributed by atoms with van der Waals surface area (Å²) in [5, 5.41) is 3.02. The first-order valence-corrected chi connectivity index (χ1v) is 12.4. The highest BCUT2D eigenvalue weighted by atomic mass is 16.5. The van der Waals surface area contributed by atoms with E-state index in [2.05, 4.69) is 16.8 Å². The second-order valence-electron chi connectivity index (χ2n) is 9.33. The van der Waals surface area contributed by atoms with Crippen LogP contribution in [0.2, 0.25) is 0 Å². The van der Waals surface area contributed by atoms with E-state index in [9.17, 15) is 14.4 Å². The molecule has 1 aromatic carbocycles. The van der Waals surface area contributed by atoms with Gasteiger partial charge in [-0.1, -0.05) is 44.2 Å². The zero-order valence-corrected chi connectivity index (χ0v) is 21.4. The van der Waals surface area contributed by atoms with E-state index in [0.717, 1.165) is 24.1 Å². The predicted molar refractivity (Wildman–Crippen MR) is 135 cm³/mol. The van der Waals surface area contributed by atoms with Crippen LogP contribution < -0.4 is 5.32 Å². The highest BCUT2D eigenvalue weighted by molar-refractivity contribution is 5.95. The lowest BCUT2D eigenvalue weighted by atomic mass is 9.91. The fourth-order valence-electron chi connectivity index (χ4n) is 4.72. The molecule has 1 atom stereocenters. The molecule has 0 aromatic heterocycles. The minimum Gasteiger partial charge on any atom is -0.463 e. The molecule has 35 heavy (non-hydrogen) atoms. The number of hydrogen-bond donors (Lipinski definition) is 1. The molecule has 2 aliphatic heterocycles. The molecular formula is C27H38N4O4. The van der Waals surface area contributed by atoms with Gasteiger partial charge in [0.2, 0.25) is 5.91 Å². The number of ether oxygens (including phenoxy) is 1. The van der Waals surface area contributed by atoms with Gasteiger partial charge in [-0.05, 0) is 31.4 Å². The van der Waals surface area contributed by atoms with Gasteiger partial charge in [-0.2, -0.15) is 0 Å². The van der Waals surface area contributed by atoms with Crippen LogP contribution in [0.5, 0.6) is 0 Å². The molecule has 1 saturated heterocycles. The summed E-state index contributed by atoms with van der Waals surface area (Å²) in [4.78, 5) is 44.8. The zero-order chi connectivity index (χ0) is 25.5. The molecule has 0 bridgehead atoms. The smallest absolute Gasteiger partial charge is 0.338 e. The first-order valence-electron chi connectivity index (χ1n) is 12.4. The Morgan fingerprint density at radius 2 is 1.94 bits per heavy atom. The molecule has 0 aliphatic carbocycles. The summed E-state index contributed by atoms with van der Waals surface area (Å²) in [5.41, 5.74) is 2.92. The molecular weight excluding hydrogens is 444 g/mol. The van der Waals surface area contributed by atoms with Crippen molar-refractivity contribution in [3.63, 3.8) is 0 Å². The Labute approximate surface area is 208 Å². The summed E-state index contributed by atoms with van der Waals surface area (Å²) < 4.78 is 5.48. The number of amides is 3. The molecule has 8 heteroatoms. The summed E-state index contributed by atoms with van der Waals surface area (Å²) in [6.45, 7) is 15.1. The van der Waals surface area contributed by atoms with Crippen molar-refractivity contribution in [2.45, 2.75) is 40.2 Å². The summed E-state index contributed by atoms with van der Waals surface area (Å²) in [7, 11) is 0. The van der Waals surface area contributed by atoms with Crippen LogP contribution in [-0.4, -0.2) is 78.5 Å². The Hall–Kier alpha value is -3.13. The van der Waals surface area contributed by atoms with Gasteiger partial charge in [0.25, 0.3) is 0 Å². The normalized spacial score (nSPS) is 19.5. The van der Waals surface area contributed by atoms with E-state index in [4.69, 9.17) is 4.74 Å². The van der Waals surface area contributed by atoms with Crippen molar-refractivity contribution in [1.82, 2.24) is 20.0 Å². The maximum atomic E-state index is 13.3. The van der Waals surface area contributed by atoms with E-state index in [-0.39, 0.29) is 31.0 Å². The van der Waals surface area contributed by atoms with E-state index in [1.165, 1.54) is 0 Å². The molecule has 0 radical (unpaired) electrons. The van der Waals surface area contributed by atoms with E-state index >= 15 is 0 Å². The van der Waals surface area contributed by atoms with Crippen molar-refractivity contribution in [3.8, 4) is 0 Å². The lowest BCUT2D eigenvalue weighted by Crippen LogP contribution is -2.51. The molecule has 190 valence electrons. The summed E-state index contributed by atoms with van der Waals surface area (Å²) in [5.74, 6) is -0.320. The molecule has 3 rings (SSSR count). The Kier molecular flexibility index (Phi) is 9.09. The van der Waals surface area contributed by atoms with E-state index < -0.39 is 12.0 Å². The molecule has 1 aromatic rings. The van der Waals surface area contributed by atoms with Crippen molar-refractivity contribution in [1.29, 1.82) is 0 Å².